The number of aryl methyl sites for hydroxylation is 1. The molecule has 0 aromatic heterocycles. The third kappa shape index (κ3) is 2.31. The summed E-state index contributed by atoms with van der Waals surface area (Å²) in [7, 11) is 0. The highest BCUT2D eigenvalue weighted by Gasteiger charge is 2.21. The number of hydrogen-bond acceptors (Lipinski definition) is 3. The zero-order valence-electron chi connectivity index (χ0n) is 7.97. The first-order valence-corrected chi connectivity index (χ1v) is 4.33. The van der Waals surface area contributed by atoms with Gasteiger partial charge in [-0.2, -0.15) is 0 Å². The van der Waals surface area contributed by atoms with Crippen molar-refractivity contribution in [2.24, 2.45) is 11.5 Å². The van der Waals surface area contributed by atoms with Crippen molar-refractivity contribution in [1.82, 2.24) is 0 Å². The molecule has 0 aliphatic heterocycles. The van der Waals surface area contributed by atoms with Crippen molar-refractivity contribution in [3.63, 3.8) is 0 Å². The van der Waals surface area contributed by atoms with Gasteiger partial charge >= 0.3 is 5.97 Å². The van der Waals surface area contributed by atoms with Crippen LogP contribution in [0.1, 0.15) is 17.2 Å². The zero-order chi connectivity index (χ0) is 10.7. The minimum atomic E-state index is -1.09. The van der Waals surface area contributed by atoms with Crippen molar-refractivity contribution < 1.29 is 9.90 Å². The molecule has 76 valence electrons. The fourth-order valence-corrected chi connectivity index (χ4v) is 1.15. The Balaban J connectivity index is 2.84. The van der Waals surface area contributed by atoms with Gasteiger partial charge in [0.2, 0.25) is 0 Å². The summed E-state index contributed by atoms with van der Waals surface area (Å²) in [4.78, 5) is 10.6. The van der Waals surface area contributed by atoms with Gasteiger partial charge in [-0.15, -0.1) is 0 Å². The van der Waals surface area contributed by atoms with Gasteiger partial charge in [0, 0.05) is 0 Å². The molecule has 1 rings (SSSR count). The molecule has 0 radical (unpaired) electrons. The van der Waals surface area contributed by atoms with Crippen molar-refractivity contribution in [3.05, 3.63) is 35.4 Å². The molecule has 0 saturated heterocycles. The standard InChI is InChI=1S/C10H14N2O2/c1-6-2-4-7(5-3-6)8(11)9(12)10(13)14/h2-5,8-9H,11-12H2,1H3,(H,13,14)/t8-,9+/m1/s1. The van der Waals surface area contributed by atoms with Crippen LogP contribution in [0, 0.1) is 6.92 Å². The van der Waals surface area contributed by atoms with Crippen LogP contribution >= 0.6 is 0 Å². The highest BCUT2D eigenvalue weighted by atomic mass is 16.4. The van der Waals surface area contributed by atoms with Crippen molar-refractivity contribution in [2.75, 3.05) is 0 Å². The van der Waals surface area contributed by atoms with Crippen LogP contribution in [0.5, 0.6) is 0 Å². The van der Waals surface area contributed by atoms with Crippen molar-refractivity contribution in [1.29, 1.82) is 0 Å². The van der Waals surface area contributed by atoms with E-state index in [9.17, 15) is 4.79 Å². The smallest absolute Gasteiger partial charge is 0.322 e. The second-order valence-corrected chi connectivity index (χ2v) is 3.30. The lowest BCUT2D eigenvalue weighted by Crippen LogP contribution is -2.40. The van der Waals surface area contributed by atoms with E-state index < -0.39 is 18.1 Å². The third-order valence-electron chi connectivity index (χ3n) is 2.13. The average Bonchev–Trinajstić information content (AvgIpc) is 2.16. The second-order valence-electron chi connectivity index (χ2n) is 3.30. The van der Waals surface area contributed by atoms with Gasteiger partial charge in [-0.3, -0.25) is 4.79 Å². The van der Waals surface area contributed by atoms with E-state index in [0.29, 0.717) is 0 Å². The van der Waals surface area contributed by atoms with Crippen LogP contribution in [0.4, 0.5) is 0 Å². The lowest BCUT2D eigenvalue weighted by Gasteiger charge is -2.16. The maximum absolute atomic E-state index is 10.6. The molecule has 0 amide bonds. The van der Waals surface area contributed by atoms with Crippen molar-refractivity contribution in [2.45, 2.75) is 19.0 Å². The summed E-state index contributed by atoms with van der Waals surface area (Å²) in [6.45, 7) is 1.95. The summed E-state index contributed by atoms with van der Waals surface area (Å²) >= 11 is 0. The molecule has 0 fully saturated rings. The van der Waals surface area contributed by atoms with Gasteiger partial charge in [-0.05, 0) is 12.5 Å². The van der Waals surface area contributed by atoms with Crippen molar-refractivity contribution in [3.8, 4) is 0 Å². The molecule has 0 bridgehead atoms. The average molecular weight is 194 g/mol. The first kappa shape index (κ1) is 10.7. The minimum Gasteiger partial charge on any atom is -0.480 e. The first-order valence-electron chi connectivity index (χ1n) is 4.33. The zero-order valence-corrected chi connectivity index (χ0v) is 7.97. The number of carboxylic acids is 1. The van der Waals surface area contributed by atoms with E-state index in [0.717, 1.165) is 11.1 Å². The normalized spacial score (nSPS) is 14.8. The number of carboxylic acid groups (broad SMARTS) is 1. The van der Waals surface area contributed by atoms with E-state index >= 15 is 0 Å². The number of hydrogen-bond donors (Lipinski definition) is 3. The lowest BCUT2D eigenvalue weighted by atomic mass is 10.00. The summed E-state index contributed by atoms with van der Waals surface area (Å²) in [6.07, 6.45) is 0. The summed E-state index contributed by atoms with van der Waals surface area (Å²) in [5, 5.41) is 8.66. The Bertz CT molecular complexity index is 321. The molecule has 0 saturated carbocycles. The Hall–Kier alpha value is -1.39. The van der Waals surface area contributed by atoms with Crippen LogP contribution < -0.4 is 11.5 Å². The number of rotatable bonds is 3. The Morgan fingerprint density at radius 1 is 1.29 bits per heavy atom. The summed E-state index contributed by atoms with van der Waals surface area (Å²) < 4.78 is 0. The monoisotopic (exact) mass is 194 g/mol. The number of benzene rings is 1. The molecule has 0 unspecified atom stereocenters. The second kappa shape index (κ2) is 4.21. The van der Waals surface area contributed by atoms with Crippen molar-refractivity contribution >= 4 is 5.97 Å². The van der Waals surface area contributed by atoms with Crippen LogP contribution in [-0.4, -0.2) is 17.1 Å². The molecule has 14 heavy (non-hydrogen) atoms. The summed E-state index contributed by atoms with van der Waals surface area (Å²) in [6, 6.07) is 5.63. The molecule has 4 nitrogen and oxygen atoms in total. The van der Waals surface area contributed by atoms with E-state index in [2.05, 4.69) is 0 Å². The lowest BCUT2D eigenvalue weighted by molar-refractivity contribution is -0.139. The first-order chi connectivity index (χ1) is 6.52. The van der Waals surface area contributed by atoms with Crippen LogP contribution in [-0.2, 0) is 4.79 Å². The largest absolute Gasteiger partial charge is 0.480 e. The predicted molar refractivity (Wildman–Crippen MR) is 53.7 cm³/mol. The maximum Gasteiger partial charge on any atom is 0.322 e. The summed E-state index contributed by atoms with van der Waals surface area (Å²) in [5.41, 5.74) is 12.9. The molecular weight excluding hydrogens is 180 g/mol. The number of carbonyl (C=O) groups is 1. The van der Waals surface area contributed by atoms with Crippen LogP contribution in [0.2, 0.25) is 0 Å². The topological polar surface area (TPSA) is 89.3 Å². The van der Waals surface area contributed by atoms with Crippen LogP contribution in [0.25, 0.3) is 0 Å². The predicted octanol–water partition coefficient (Wildman–Crippen LogP) is 0.407. The molecule has 0 spiro atoms. The van der Waals surface area contributed by atoms with Crippen LogP contribution in [0.15, 0.2) is 24.3 Å². The fraction of sp³-hybridized carbons (Fsp3) is 0.300. The van der Waals surface area contributed by atoms with Gasteiger partial charge in [0.05, 0.1) is 6.04 Å². The van der Waals surface area contributed by atoms with Gasteiger partial charge in [0.25, 0.3) is 0 Å². The molecule has 1 aromatic rings. The Labute approximate surface area is 82.5 Å². The Morgan fingerprint density at radius 3 is 2.21 bits per heavy atom. The Morgan fingerprint density at radius 2 is 1.79 bits per heavy atom. The van der Waals surface area contributed by atoms with E-state index in [-0.39, 0.29) is 0 Å². The quantitative estimate of drug-likeness (QED) is 0.650. The molecular formula is C10H14N2O2. The molecule has 0 heterocycles. The van der Waals surface area contributed by atoms with E-state index in [1.165, 1.54) is 0 Å². The van der Waals surface area contributed by atoms with Gasteiger partial charge in [0.15, 0.2) is 0 Å². The number of nitrogens with two attached hydrogens (primary N) is 2. The van der Waals surface area contributed by atoms with Gasteiger partial charge in [-0.1, -0.05) is 29.8 Å². The van der Waals surface area contributed by atoms with E-state index in [1.807, 2.05) is 19.1 Å². The summed E-state index contributed by atoms with van der Waals surface area (Å²) in [5.74, 6) is -1.09. The molecule has 2 atom stereocenters. The number of aliphatic carboxylic acids is 1. The van der Waals surface area contributed by atoms with Crippen LogP contribution in [0.3, 0.4) is 0 Å². The highest BCUT2D eigenvalue weighted by molar-refractivity contribution is 5.74. The SMILES string of the molecule is Cc1ccc([C@@H](N)[C@H](N)C(=O)O)cc1. The molecule has 0 aliphatic carbocycles. The third-order valence-corrected chi connectivity index (χ3v) is 2.13. The van der Waals surface area contributed by atoms with Gasteiger partial charge in [-0.25, -0.2) is 0 Å². The maximum atomic E-state index is 10.6. The highest BCUT2D eigenvalue weighted by Crippen LogP contribution is 2.13. The van der Waals surface area contributed by atoms with Gasteiger partial charge < -0.3 is 16.6 Å². The fourth-order valence-electron chi connectivity index (χ4n) is 1.15. The minimum absolute atomic E-state index is 0.659. The molecule has 4 heteroatoms. The Kier molecular flexibility index (Phi) is 3.22. The molecule has 1 aromatic carbocycles. The van der Waals surface area contributed by atoms with Gasteiger partial charge in [0.1, 0.15) is 6.04 Å². The molecule has 5 N–H and O–H groups in total. The van der Waals surface area contributed by atoms with E-state index in [4.69, 9.17) is 16.6 Å². The van der Waals surface area contributed by atoms with E-state index in [1.54, 1.807) is 12.1 Å². The molecule has 0 aliphatic rings.